The lowest BCUT2D eigenvalue weighted by Crippen LogP contribution is -2.28. The number of nitrogens with two attached hydrogens (primary N) is 2. The van der Waals surface area contributed by atoms with Gasteiger partial charge in [0.2, 0.25) is 0 Å². The second-order valence-electron chi connectivity index (χ2n) is 4.37. The third kappa shape index (κ3) is 1.40. The lowest BCUT2D eigenvalue weighted by molar-refractivity contribution is 0.574. The van der Waals surface area contributed by atoms with Crippen molar-refractivity contribution < 1.29 is 0 Å². The van der Waals surface area contributed by atoms with E-state index in [1.54, 1.807) is 0 Å². The normalized spacial score (nSPS) is 20.6. The van der Waals surface area contributed by atoms with Crippen molar-refractivity contribution in [3.63, 3.8) is 0 Å². The Morgan fingerprint density at radius 2 is 2.07 bits per heavy atom. The molecule has 1 atom stereocenters. The topological polar surface area (TPSA) is 52.0 Å². The van der Waals surface area contributed by atoms with Crippen LogP contribution in [-0.2, 0) is 12.8 Å². The molecular weight excluding hydrogens is 172 g/mol. The van der Waals surface area contributed by atoms with Crippen molar-refractivity contribution in [3.05, 3.63) is 28.3 Å². The minimum absolute atomic E-state index is 0.338. The molecule has 0 aliphatic heterocycles. The molecule has 0 aromatic heterocycles. The molecule has 2 nitrogen and oxygen atoms in total. The van der Waals surface area contributed by atoms with Crippen LogP contribution in [0.15, 0.2) is 6.07 Å². The number of nitrogen functional groups attached to an aromatic ring is 1. The van der Waals surface area contributed by atoms with Crippen LogP contribution >= 0.6 is 0 Å². The van der Waals surface area contributed by atoms with E-state index in [1.807, 2.05) is 0 Å². The summed E-state index contributed by atoms with van der Waals surface area (Å²) >= 11 is 0. The molecule has 0 spiro atoms. The Kier molecular flexibility index (Phi) is 2.23. The quantitative estimate of drug-likeness (QED) is 0.612. The van der Waals surface area contributed by atoms with Crippen molar-refractivity contribution in [2.45, 2.75) is 39.2 Å². The highest BCUT2D eigenvalue weighted by Gasteiger charge is 2.18. The number of hydrogen-bond donors (Lipinski definition) is 2. The maximum atomic E-state index is 6.01. The number of aryl methyl sites for hydroxylation is 1. The molecule has 0 radical (unpaired) electrons. The molecule has 0 bridgehead atoms. The van der Waals surface area contributed by atoms with E-state index in [0.717, 1.165) is 24.9 Å². The molecule has 1 aliphatic carbocycles. The molecule has 1 aliphatic rings. The van der Waals surface area contributed by atoms with E-state index in [9.17, 15) is 0 Å². The van der Waals surface area contributed by atoms with E-state index in [0.29, 0.717) is 6.04 Å². The number of rotatable bonds is 0. The van der Waals surface area contributed by atoms with E-state index < -0.39 is 0 Å². The van der Waals surface area contributed by atoms with E-state index in [-0.39, 0.29) is 0 Å². The van der Waals surface area contributed by atoms with E-state index in [1.165, 1.54) is 22.3 Å². The fourth-order valence-corrected chi connectivity index (χ4v) is 2.37. The van der Waals surface area contributed by atoms with Crippen LogP contribution in [0.2, 0.25) is 0 Å². The molecule has 1 unspecified atom stereocenters. The molecule has 76 valence electrons. The van der Waals surface area contributed by atoms with Gasteiger partial charge in [0.05, 0.1) is 0 Å². The van der Waals surface area contributed by atoms with Crippen LogP contribution in [0.1, 0.15) is 28.7 Å². The monoisotopic (exact) mass is 190 g/mol. The largest absolute Gasteiger partial charge is 0.398 e. The van der Waals surface area contributed by atoms with Gasteiger partial charge in [-0.15, -0.1) is 0 Å². The van der Waals surface area contributed by atoms with E-state index >= 15 is 0 Å². The first-order chi connectivity index (χ1) is 6.59. The summed E-state index contributed by atoms with van der Waals surface area (Å²) in [6.07, 6.45) is 3.19. The Morgan fingerprint density at radius 3 is 2.79 bits per heavy atom. The van der Waals surface area contributed by atoms with Gasteiger partial charge in [0.15, 0.2) is 0 Å². The number of fused-ring (bicyclic) bond motifs is 1. The van der Waals surface area contributed by atoms with Crippen LogP contribution < -0.4 is 11.5 Å². The van der Waals surface area contributed by atoms with Crippen LogP contribution in [0.4, 0.5) is 5.69 Å². The first kappa shape index (κ1) is 9.53. The zero-order valence-electron chi connectivity index (χ0n) is 8.93. The zero-order chi connectivity index (χ0) is 10.3. The predicted octanol–water partition coefficient (Wildman–Crippen LogP) is 1.70. The fourth-order valence-electron chi connectivity index (χ4n) is 2.37. The molecule has 1 aromatic carbocycles. The number of benzene rings is 1. The highest BCUT2D eigenvalue weighted by Crippen LogP contribution is 2.29. The van der Waals surface area contributed by atoms with Gasteiger partial charge in [-0.2, -0.15) is 0 Å². The van der Waals surface area contributed by atoms with Gasteiger partial charge in [-0.1, -0.05) is 6.07 Å². The van der Waals surface area contributed by atoms with Crippen molar-refractivity contribution in [1.29, 1.82) is 0 Å². The second kappa shape index (κ2) is 3.28. The average Bonchev–Trinajstić information content (AvgIpc) is 2.14. The van der Waals surface area contributed by atoms with Gasteiger partial charge in [0.25, 0.3) is 0 Å². The maximum Gasteiger partial charge on any atom is 0.0376 e. The van der Waals surface area contributed by atoms with Crippen molar-refractivity contribution >= 4 is 5.69 Å². The summed E-state index contributed by atoms with van der Waals surface area (Å²) in [4.78, 5) is 0. The maximum absolute atomic E-state index is 6.01. The van der Waals surface area contributed by atoms with Gasteiger partial charge in [-0.05, 0) is 55.4 Å². The van der Waals surface area contributed by atoms with Gasteiger partial charge in [0, 0.05) is 11.7 Å². The standard InChI is InChI=1S/C12H18N2/c1-7-5-9-6-10(13)3-4-11(9)8(2)12(7)14/h5,10H,3-4,6,13-14H2,1-2H3. The first-order valence-electron chi connectivity index (χ1n) is 5.22. The van der Waals surface area contributed by atoms with E-state index in [4.69, 9.17) is 11.5 Å². The van der Waals surface area contributed by atoms with Crippen molar-refractivity contribution in [1.82, 2.24) is 0 Å². The first-order valence-corrected chi connectivity index (χ1v) is 5.22. The van der Waals surface area contributed by atoms with Gasteiger partial charge in [-0.3, -0.25) is 0 Å². The Labute approximate surface area is 85.3 Å². The summed E-state index contributed by atoms with van der Waals surface area (Å²) in [6.45, 7) is 4.20. The molecule has 0 amide bonds. The van der Waals surface area contributed by atoms with Crippen LogP contribution in [0.5, 0.6) is 0 Å². The summed E-state index contributed by atoms with van der Waals surface area (Å²) < 4.78 is 0. The summed E-state index contributed by atoms with van der Waals surface area (Å²) in [5.74, 6) is 0. The van der Waals surface area contributed by atoms with Crippen molar-refractivity contribution in [3.8, 4) is 0 Å². The third-order valence-corrected chi connectivity index (χ3v) is 3.31. The van der Waals surface area contributed by atoms with Crippen LogP contribution in [0.3, 0.4) is 0 Å². The summed E-state index contributed by atoms with van der Waals surface area (Å²) in [7, 11) is 0. The molecule has 0 saturated heterocycles. The van der Waals surface area contributed by atoms with Crippen molar-refractivity contribution in [2.24, 2.45) is 5.73 Å². The molecule has 1 aromatic rings. The third-order valence-electron chi connectivity index (χ3n) is 3.31. The molecule has 2 heteroatoms. The summed E-state index contributed by atoms with van der Waals surface area (Å²) in [6, 6.07) is 2.54. The molecule has 0 heterocycles. The zero-order valence-corrected chi connectivity index (χ0v) is 8.93. The van der Waals surface area contributed by atoms with Gasteiger partial charge in [-0.25, -0.2) is 0 Å². The molecule has 2 rings (SSSR count). The van der Waals surface area contributed by atoms with Crippen LogP contribution in [-0.4, -0.2) is 6.04 Å². The highest BCUT2D eigenvalue weighted by molar-refractivity contribution is 5.59. The smallest absolute Gasteiger partial charge is 0.0376 e. The van der Waals surface area contributed by atoms with Gasteiger partial charge in [0.1, 0.15) is 0 Å². The minimum Gasteiger partial charge on any atom is -0.398 e. The van der Waals surface area contributed by atoms with Crippen molar-refractivity contribution in [2.75, 3.05) is 5.73 Å². The Hall–Kier alpha value is -1.02. The summed E-state index contributed by atoms with van der Waals surface area (Å²) in [5.41, 5.74) is 18.2. The second-order valence-corrected chi connectivity index (χ2v) is 4.37. The minimum atomic E-state index is 0.338. The van der Waals surface area contributed by atoms with E-state index in [2.05, 4.69) is 19.9 Å². The highest BCUT2D eigenvalue weighted by atomic mass is 14.6. The van der Waals surface area contributed by atoms with Gasteiger partial charge >= 0.3 is 0 Å². The fraction of sp³-hybridized carbons (Fsp3) is 0.500. The van der Waals surface area contributed by atoms with Crippen LogP contribution in [0, 0.1) is 13.8 Å². The number of anilines is 1. The Bertz CT molecular complexity index is 369. The lowest BCUT2D eigenvalue weighted by atomic mass is 9.84. The predicted molar refractivity (Wildman–Crippen MR) is 60.3 cm³/mol. The average molecular weight is 190 g/mol. The van der Waals surface area contributed by atoms with Crippen LogP contribution in [0.25, 0.3) is 0 Å². The molecule has 0 fully saturated rings. The Morgan fingerprint density at radius 1 is 1.36 bits per heavy atom. The molecular formula is C12H18N2. The Balaban J connectivity index is 2.54. The lowest BCUT2D eigenvalue weighted by Gasteiger charge is -2.24. The molecule has 14 heavy (non-hydrogen) atoms. The summed E-state index contributed by atoms with van der Waals surface area (Å²) in [5, 5.41) is 0. The SMILES string of the molecule is Cc1cc2c(c(C)c1N)CCC(N)C2. The number of hydrogen-bond acceptors (Lipinski definition) is 2. The molecule has 0 saturated carbocycles. The molecule has 4 N–H and O–H groups in total. The van der Waals surface area contributed by atoms with Gasteiger partial charge < -0.3 is 11.5 Å².